The molecule has 2 rings (SSSR count). The molecular formula is C12H13ClFN3. The van der Waals surface area contributed by atoms with Crippen LogP contribution < -0.4 is 5.32 Å². The molecule has 5 heteroatoms. The number of aromatic nitrogens is 2. The number of anilines is 1. The van der Waals surface area contributed by atoms with Crippen molar-refractivity contribution in [2.24, 2.45) is 7.05 Å². The maximum absolute atomic E-state index is 13.1. The Morgan fingerprint density at radius 1 is 1.47 bits per heavy atom. The molecule has 0 fully saturated rings. The molecule has 0 amide bonds. The second-order valence-corrected chi connectivity index (χ2v) is 4.24. The molecule has 0 unspecified atom stereocenters. The Hall–Kier alpha value is -1.55. The smallest absolute Gasteiger partial charge is 0.143 e. The number of aryl methyl sites for hydroxylation is 1. The minimum Gasteiger partial charge on any atom is -0.385 e. The predicted molar refractivity (Wildman–Crippen MR) is 66.8 cm³/mol. The van der Waals surface area contributed by atoms with Gasteiger partial charge in [0.15, 0.2) is 0 Å². The zero-order chi connectivity index (χ0) is 12.3. The van der Waals surface area contributed by atoms with Gasteiger partial charge >= 0.3 is 0 Å². The first-order chi connectivity index (χ1) is 8.15. The third-order valence-corrected chi connectivity index (χ3v) is 2.73. The highest BCUT2D eigenvalue weighted by atomic mass is 35.5. The number of nitrogens with zero attached hydrogens (tertiary/aromatic N) is 2. The molecule has 3 nitrogen and oxygen atoms in total. The summed E-state index contributed by atoms with van der Waals surface area (Å²) in [5.41, 5.74) is 1.88. The summed E-state index contributed by atoms with van der Waals surface area (Å²) < 4.78 is 14.9. The van der Waals surface area contributed by atoms with Crippen molar-refractivity contribution >= 4 is 17.3 Å². The fraction of sp³-hybridized carbons (Fsp3) is 0.250. The molecule has 0 aliphatic heterocycles. The van der Waals surface area contributed by atoms with Crippen molar-refractivity contribution in [3.05, 3.63) is 47.0 Å². The molecule has 0 saturated heterocycles. The lowest BCUT2D eigenvalue weighted by Crippen LogP contribution is -2.04. The lowest BCUT2D eigenvalue weighted by atomic mass is 10.2. The van der Waals surface area contributed by atoms with Gasteiger partial charge in [-0.3, -0.25) is 4.68 Å². The highest BCUT2D eigenvalue weighted by Crippen LogP contribution is 2.18. The Morgan fingerprint density at radius 3 is 2.94 bits per heavy atom. The lowest BCUT2D eigenvalue weighted by molar-refractivity contribution is 0.628. The van der Waals surface area contributed by atoms with Gasteiger partial charge in [-0.1, -0.05) is 11.6 Å². The third-order valence-electron chi connectivity index (χ3n) is 2.42. The minimum atomic E-state index is -0.405. The van der Waals surface area contributed by atoms with Crippen LogP contribution in [0.5, 0.6) is 0 Å². The molecule has 0 aliphatic rings. The first kappa shape index (κ1) is 11.9. The molecule has 0 radical (unpaired) electrons. The standard InChI is InChI=1S/C12H13ClFN3/c1-17-8-9(7-16-17)4-5-15-10-2-3-11(13)12(14)6-10/h2-3,6-8,15H,4-5H2,1H3. The lowest BCUT2D eigenvalue weighted by Gasteiger charge is -2.05. The predicted octanol–water partition coefficient (Wildman–Crippen LogP) is 2.87. The first-order valence-electron chi connectivity index (χ1n) is 5.31. The minimum absolute atomic E-state index is 0.141. The normalized spacial score (nSPS) is 10.5. The Balaban J connectivity index is 1.87. The summed E-state index contributed by atoms with van der Waals surface area (Å²) >= 11 is 5.60. The van der Waals surface area contributed by atoms with E-state index in [1.807, 2.05) is 19.4 Å². The van der Waals surface area contributed by atoms with Crippen LogP contribution in [-0.4, -0.2) is 16.3 Å². The number of nitrogens with one attached hydrogen (secondary N) is 1. The summed E-state index contributed by atoms with van der Waals surface area (Å²) in [6, 6.07) is 4.70. The van der Waals surface area contributed by atoms with Crippen molar-refractivity contribution < 1.29 is 4.39 Å². The van der Waals surface area contributed by atoms with E-state index < -0.39 is 5.82 Å². The van der Waals surface area contributed by atoms with E-state index in [0.29, 0.717) is 0 Å². The van der Waals surface area contributed by atoms with Crippen LogP contribution in [0.4, 0.5) is 10.1 Å². The summed E-state index contributed by atoms with van der Waals surface area (Å²) in [6.07, 6.45) is 4.63. The van der Waals surface area contributed by atoms with Crippen molar-refractivity contribution in [3.63, 3.8) is 0 Å². The van der Waals surface area contributed by atoms with Gasteiger partial charge in [0, 0.05) is 25.5 Å². The average Bonchev–Trinajstić information content (AvgIpc) is 2.70. The molecule has 0 spiro atoms. The van der Waals surface area contributed by atoms with E-state index in [1.165, 1.54) is 6.07 Å². The highest BCUT2D eigenvalue weighted by Gasteiger charge is 2.01. The highest BCUT2D eigenvalue weighted by molar-refractivity contribution is 6.30. The van der Waals surface area contributed by atoms with E-state index in [1.54, 1.807) is 16.8 Å². The zero-order valence-electron chi connectivity index (χ0n) is 9.45. The number of hydrogen-bond acceptors (Lipinski definition) is 2. The van der Waals surface area contributed by atoms with Crippen LogP contribution >= 0.6 is 11.6 Å². The molecule has 17 heavy (non-hydrogen) atoms. The third kappa shape index (κ3) is 3.20. The van der Waals surface area contributed by atoms with Crippen LogP contribution in [0.1, 0.15) is 5.56 Å². The number of halogens is 2. The van der Waals surface area contributed by atoms with Gasteiger partial charge in [0.1, 0.15) is 5.82 Å². The van der Waals surface area contributed by atoms with Gasteiger partial charge in [-0.25, -0.2) is 4.39 Å². The van der Waals surface area contributed by atoms with Crippen molar-refractivity contribution in [2.45, 2.75) is 6.42 Å². The van der Waals surface area contributed by atoms with Gasteiger partial charge in [-0.05, 0) is 30.2 Å². The van der Waals surface area contributed by atoms with E-state index >= 15 is 0 Å². The Bertz CT molecular complexity index is 510. The van der Waals surface area contributed by atoms with Gasteiger partial charge in [0.2, 0.25) is 0 Å². The molecule has 1 N–H and O–H groups in total. The summed E-state index contributed by atoms with van der Waals surface area (Å²) in [6.45, 7) is 0.729. The zero-order valence-corrected chi connectivity index (χ0v) is 10.2. The maximum Gasteiger partial charge on any atom is 0.143 e. The van der Waals surface area contributed by atoms with E-state index in [0.717, 1.165) is 24.2 Å². The average molecular weight is 254 g/mol. The monoisotopic (exact) mass is 253 g/mol. The Kier molecular flexibility index (Phi) is 3.64. The summed E-state index contributed by atoms with van der Waals surface area (Å²) in [5, 5.41) is 7.36. The number of rotatable bonds is 4. The van der Waals surface area contributed by atoms with Gasteiger partial charge < -0.3 is 5.32 Å². The first-order valence-corrected chi connectivity index (χ1v) is 5.69. The molecular weight excluding hydrogens is 241 g/mol. The molecule has 1 aromatic heterocycles. The van der Waals surface area contributed by atoms with Crippen LogP contribution in [0.2, 0.25) is 5.02 Å². The topological polar surface area (TPSA) is 29.9 Å². The fourth-order valence-electron chi connectivity index (χ4n) is 1.56. The SMILES string of the molecule is Cn1cc(CCNc2ccc(Cl)c(F)c2)cn1. The van der Waals surface area contributed by atoms with Crippen LogP contribution in [0.15, 0.2) is 30.6 Å². The fourth-order valence-corrected chi connectivity index (χ4v) is 1.68. The Morgan fingerprint density at radius 2 is 2.29 bits per heavy atom. The number of benzene rings is 1. The summed E-state index contributed by atoms with van der Waals surface area (Å²) in [7, 11) is 1.88. The van der Waals surface area contributed by atoms with Gasteiger partial charge in [0.25, 0.3) is 0 Å². The van der Waals surface area contributed by atoms with Gasteiger partial charge in [-0.15, -0.1) is 0 Å². The molecule has 90 valence electrons. The second kappa shape index (κ2) is 5.19. The molecule has 0 atom stereocenters. The second-order valence-electron chi connectivity index (χ2n) is 3.83. The molecule has 1 aromatic carbocycles. The largest absolute Gasteiger partial charge is 0.385 e. The van der Waals surface area contributed by atoms with E-state index in [4.69, 9.17) is 11.6 Å². The summed E-state index contributed by atoms with van der Waals surface area (Å²) in [5.74, 6) is -0.405. The molecule has 0 saturated carbocycles. The van der Waals surface area contributed by atoms with Gasteiger partial charge in [0.05, 0.1) is 11.2 Å². The van der Waals surface area contributed by atoms with Gasteiger partial charge in [-0.2, -0.15) is 5.10 Å². The van der Waals surface area contributed by atoms with Crippen molar-refractivity contribution in [1.82, 2.24) is 9.78 Å². The molecule has 2 aromatic rings. The quantitative estimate of drug-likeness (QED) is 0.908. The van der Waals surface area contributed by atoms with Crippen LogP contribution in [-0.2, 0) is 13.5 Å². The molecule has 0 bridgehead atoms. The van der Waals surface area contributed by atoms with Crippen LogP contribution in [0, 0.1) is 5.82 Å². The molecule has 1 heterocycles. The van der Waals surface area contributed by atoms with E-state index in [2.05, 4.69) is 10.4 Å². The Labute approximate surface area is 104 Å². The van der Waals surface area contributed by atoms with Crippen molar-refractivity contribution in [3.8, 4) is 0 Å². The summed E-state index contributed by atoms with van der Waals surface area (Å²) in [4.78, 5) is 0. The van der Waals surface area contributed by atoms with Crippen molar-refractivity contribution in [2.75, 3.05) is 11.9 Å². The number of hydrogen-bond donors (Lipinski definition) is 1. The molecule has 0 aliphatic carbocycles. The van der Waals surface area contributed by atoms with E-state index in [-0.39, 0.29) is 5.02 Å². The maximum atomic E-state index is 13.1. The van der Waals surface area contributed by atoms with Crippen molar-refractivity contribution in [1.29, 1.82) is 0 Å². The van der Waals surface area contributed by atoms with Crippen LogP contribution in [0.3, 0.4) is 0 Å². The van der Waals surface area contributed by atoms with Crippen LogP contribution in [0.25, 0.3) is 0 Å². The van der Waals surface area contributed by atoms with E-state index in [9.17, 15) is 4.39 Å².